The number of hydrogen-bond donors (Lipinski definition) is 2. The van der Waals surface area contributed by atoms with Crippen LogP contribution in [0, 0.1) is 5.92 Å². The predicted molar refractivity (Wildman–Crippen MR) is 59.7 cm³/mol. The van der Waals surface area contributed by atoms with E-state index < -0.39 is 0 Å². The van der Waals surface area contributed by atoms with Crippen molar-refractivity contribution in [2.24, 2.45) is 5.92 Å². The fraction of sp³-hybridized carbons (Fsp3) is 0.500. The second-order valence-corrected chi connectivity index (χ2v) is 4.21. The van der Waals surface area contributed by atoms with Crippen molar-refractivity contribution < 1.29 is 9.90 Å². The molecular formula is C12H16N2O2. The standard InChI is InChI=1S/C12H16N2O2/c15-11(9-4-5-9)8-14-12(16)7-10-3-1-2-6-13-10/h1-3,6,9,11,15H,4-5,7-8H2,(H,14,16). The van der Waals surface area contributed by atoms with Crippen molar-refractivity contribution in [2.75, 3.05) is 6.54 Å². The molecule has 1 aromatic heterocycles. The van der Waals surface area contributed by atoms with Crippen molar-refractivity contribution in [1.29, 1.82) is 0 Å². The van der Waals surface area contributed by atoms with Gasteiger partial charge in [0.15, 0.2) is 0 Å². The van der Waals surface area contributed by atoms with Gasteiger partial charge in [-0.1, -0.05) is 6.07 Å². The molecule has 4 heteroatoms. The predicted octanol–water partition coefficient (Wildman–Crippen LogP) is 0.511. The highest BCUT2D eigenvalue weighted by Crippen LogP contribution is 2.32. The Morgan fingerprint density at radius 2 is 2.38 bits per heavy atom. The zero-order valence-electron chi connectivity index (χ0n) is 9.10. The summed E-state index contributed by atoms with van der Waals surface area (Å²) in [5, 5.41) is 12.3. The van der Waals surface area contributed by atoms with Gasteiger partial charge in [-0.3, -0.25) is 9.78 Å². The Bertz CT molecular complexity index is 349. The summed E-state index contributed by atoms with van der Waals surface area (Å²) in [7, 11) is 0. The Balaban J connectivity index is 1.72. The van der Waals surface area contributed by atoms with Crippen LogP contribution < -0.4 is 5.32 Å². The van der Waals surface area contributed by atoms with Crippen LogP contribution in [0.25, 0.3) is 0 Å². The van der Waals surface area contributed by atoms with Gasteiger partial charge >= 0.3 is 0 Å². The number of carbonyl (C=O) groups excluding carboxylic acids is 1. The first-order chi connectivity index (χ1) is 7.75. The third-order valence-corrected chi connectivity index (χ3v) is 2.74. The third kappa shape index (κ3) is 3.31. The zero-order valence-corrected chi connectivity index (χ0v) is 9.10. The monoisotopic (exact) mass is 220 g/mol. The molecule has 1 heterocycles. The van der Waals surface area contributed by atoms with Gasteiger partial charge in [0.05, 0.1) is 12.5 Å². The van der Waals surface area contributed by atoms with E-state index in [0.29, 0.717) is 12.5 Å². The third-order valence-electron chi connectivity index (χ3n) is 2.74. The van der Waals surface area contributed by atoms with Crippen LogP contribution in [-0.4, -0.2) is 28.6 Å². The van der Waals surface area contributed by atoms with Gasteiger partial charge in [0.1, 0.15) is 0 Å². The van der Waals surface area contributed by atoms with Gasteiger partial charge in [-0.15, -0.1) is 0 Å². The second kappa shape index (κ2) is 5.07. The van der Waals surface area contributed by atoms with Crippen LogP contribution in [0.3, 0.4) is 0 Å². The van der Waals surface area contributed by atoms with E-state index in [4.69, 9.17) is 0 Å². The summed E-state index contributed by atoms with van der Waals surface area (Å²) in [6.07, 6.45) is 3.72. The van der Waals surface area contributed by atoms with E-state index in [2.05, 4.69) is 10.3 Å². The number of nitrogens with one attached hydrogen (secondary N) is 1. The van der Waals surface area contributed by atoms with Crippen molar-refractivity contribution in [2.45, 2.75) is 25.4 Å². The first kappa shape index (κ1) is 11.1. The SMILES string of the molecule is O=C(Cc1ccccn1)NCC(O)C1CC1. The highest BCUT2D eigenvalue weighted by molar-refractivity contribution is 5.78. The first-order valence-corrected chi connectivity index (χ1v) is 5.60. The maximum Gasteiger partial charge on any atom is 0.226 e. The molecular weight excluding hydrogens is 204 g/mol. The molecule has 0 radical (unpaired) electrons. The largest absolute Gasteiger partial charge is 0.391 e. The minimum Gasteiger partial charge on any atom is -0.391 e. The summed E-state index contributed by atoms with van der Waals surface area (Å²) >= 11 is 0. The molecule has 1 saturated carbocycles. The Hall–Kier alpha value is -1.42. The quantitative estimate of drug-likeness (QED) is 0.760. The summed E-state index contributed by atoms with van der Waals surface area (Å²) in [6.45, 7) is 0.357. The van der Waals surface area contributed by atoms with Crippen LogP contribution in [0.2, 0.25) is 0 Å². The summed E-state index contributed by atoms with van der Waals surface area (Å²) in [5.41, 5.74) is 0.751. The van der Waals surface area contributed by atoms with Crippen LogP contribution in [0.15, 0.2) is 24.4 Å². The molecule has 1 unspecified atom stereocenters. The number of aliphatic hydroxyl groups excluding tert-OH is 1. The van der Waals surface area contributed by atoms with E-state index in [-0.39, 0.29) is 18.4 Å². The lowest BCUT2D eigenvalue weighted by Crippen LogP contribution is -2.34. The Labute approximate surface area is 94.7 Å². The lowest BCUT2D eigenvalue weighted by atomic mass is 10.2. The molecule has 0 spiro atoms. The minimum absolute atomic E-state index is 0.0848. The van der Waals surface area contributed by atoms with Gasteiger partial charge in [0, 0.05) is 18.4 Å². The number of nitrogens with zero attached hydrogens (tertiary/aromatic N) is 1. The van der Waals surface area contributed by atoms with Crippen LogP contribution in [-0.2, 0) is 11.2 Å². The smallest absolute Gasteiger partial charge is 0.226 e. The van der Waals surface area contributed by atoms with Gasteiger partial charge in [0.2, 0.25) is 5.91 Å². The molecule has 2 N–H and O–H groups in total. The van der Waals surface area contributed by atoms with Crippen LogP contribution in [0.1, 0.15) is 18.5 Å². The average Bonchev–Trinajstić information content (AvgIpc) is 3.11. The van der Waals surface area contributed by atoms with Gasteiger partial charge in [-0.2, -0.15) is 0 Å². The van der Waals surface area contributed by atoms with E-state index in [1.165, 1.54) is 0 Å². The molecule has 1 aromatic rings. The number of rotatable bonds is 5. The van der Waals surface area contributed by atoms with Crippen molar-refractivity contribution >= 4 is 5.91 Å². The average molecular weight is 220 g/mol. The van der Waals surface area contributed by atoms with Gasteiger partial charge in [-0.05, 0) is 30.9 Å². The number of aliphatic hydroxyl groups is 1. The molecule has 0 aliphatic heterocycles. The number of pyridine rings is 1. The van der Waals surface area contributed by atoms with Gasteiger partial charge in [-0.25, -0.2) is 0 Å². The van der Waals surface area contributed by atoms with E-state index in [1.54, 1.807) is 6.20 Å². The molecule has 1 aliphatic rings. The fourth-order valence-electron chi connectivity index (χ4n) is 1.60. The topological polar surface area (TPSA) is 62.2 Å². The maximum atomic E-state index is 11.5. The summed E-state index contributed by atoms with van der Waals surface area (Å²) in [5.74, 6) is 0.313. The fourth-order valence-corrected chi connectivity index (χ4v) is 1.60. The Morgan fingerprint density at radius 1 is 1.56 bits per heavy atom. The molecule has 0 aromatic carbocycles. The molecule has 1 fully saturated rings. The lowest BCUT2D eigenvalue weighted by molar-refractivity contribution is -0.121. The highest BCUT2D eigenvalue weighted by atomic mass is 16.3. The highest BCUT2D eigenvalue weighted by Gasteiger charge is 2.29. The van der Waals surface area contributed by atoms with Crippen molar-refractivity contribution in [1.82, 2.24) is 10.3 Å². The van der Waals surface area contributed by atoms with Crippen molar-refractivity contribution in [3.8, 4) is 0 Å². The van der Waals surface area contributed by atoms with E-state index in [0.717, 1.165) is 18.5 Å². The molecule has 1 amide bonds. The summed E-state index contributed by atoms with van der Waals surface area (Å²) in [6, 6.07) is 5.49. The number of carbonyl (C=O) groups is 1. The number of amides is 1. The second-order valence-electron chi connectivity index (χ2n) is 4.21. The summed E-state index contributed by atoms with van der Waals surface area (Å²) in [4.78, 5) is 15.6. The summed E-state index contributed by atoms with van der Waals surface area (Å²) < 4.78 is 0. The van der Waals surface area contributed by atoms with Gasteiger partial charge in [0.25, 0.3) is 0 Å². The molecule has 1 atom stereocenters. The normalized spacial score (nSPS) is 16.8. The minimum atomic E-state index is -0.382. The van der Waals surface area contributed by atoms with Crippen LogP contribution in [0.4, 0.5) is 0 Å². The molecule has 16 heavy (non-hydrogen) atoms. The molecule has 4 nitrogen and oxygen atoms in total. The van der Waals surface area contributed by atoms with E-state index in [1.807, 2.05) is 18.2 Å². The van der Waals surface area contributed by atoms with E-state index in [9.17, 15) is 9.90 Å². The van der Waals surface area contributed by atoms with Gasteiger partial charge < -0.3 is 10.4 Å². The zero-order chi connectivity index (χ0) is 11.4. The first-order valence-electron chi connectivity index (χ1n) is 5.60. The molecule has 2 rings (SSSR count). The van der Waals surface area contributed by atoms with Crippen molar-refractivity contribution in [3.63, 3.8) is 0 Å². The molecule has 1 aliphatic carbocycles. The lowest BCUT2D eigenvalue weighted by Gasteiger charge is -2.10. The van der Waals surface area contributed by atoms with Crippen LogP contribution in [0.5, 0.6) is 0 Å². The Morgan fingerprint density at radius 3 is 3.00 bits per heavy atom. The maximum absolute atomic E-state index is 11.5. The number of aromatic nitrogens is 1. The van der Waals surface area contributed by atoms with E-state index >= 15 is 0 Å². The molecule has 0 saturated heterocycles. The molecule has 0 bridgehead atoms. The molecule has 86 valence electrons. The Kier molecular flexibility index (Phi) is 3.51. The van der Waals surface area contributed by atoms with Crippen molar-refractivity contribution in [3.05, 3.63) is 30.1 Å². The van der Waals surface area contributed by atoms with Crippen LogP contribution >= 0.6 is 0 Å². The number of hydrogen-bond acceptors (Lipinski definition) is 3.